The van der Waals surface area contributed by atoms with E-state index in [0.29, 0.717) is 32.2 Å². The zero-order valence-electron chi connectivity index (χ0n) is 14.9. The lowest BCUT2D eigenvalue weighted by Crippen LogP contribution is -2.38. The molecule has 1 aromatic heterocycles. The van der Waals surface area contributed by atoms with Crippen molar-refractivity contribution in [1.82, 2.24) is 9.88 Å². The minimum atomic E-state index is -0.545. The molecule has 0 saturated heterocycles. The molecular weight excluding hydrogens is 320 g/mol. The van der Waals surface area contributed by atoms with Crippen molar-refractivity contribution in [2.24, 2.45) is 0 Å². The van der Waals surface area contributed by atoms with E-state index >= 15 is 0 Å². The van der Waals surface area contributed by atoms with E-state index in [-0.39, 0.29) is 5.91 Å². The topological polar surface area (TPSA) is 60.9 Å². The van der Waals surface area contributed by atoms with Gasteiger partial charge >= 0.3 is 0 Å². The first-order valence-corrected chi connectivity index (χ1v) is 8.63. The highest BCUT2D eigenvalue weighted by Gasteiger charge is 2.28. The van der Waals surface area contributed by atoms with E-state index < -0.39 is 6.10 Å². The molecule has 0 bridgehead atoms. The first-order valence-electron chi connectivity index (χ1n) is 8.63. The van der Waals surface area contributed by atoms with Crippen LogP contribution in [0.5, 0.6) is 11.6 Å². The molecule has 6 heteroatoms. The highest BCUT2D eigenvalue weighted by atomic mass is 16.5. The van der Waals surface area contributed by atoms with Crippen molar-refractivity contribution in [1.29, 1.82) is 0 Å². The maximum absolute atomic E-state index is 12.6. The molecule has 0 aliphatic carbocycles. The van der Waals surface area contributed by atoms with E-state index in [1.165, 1.54) is 0 Å². The average molecular weight is 344 g/mol. The van der Waals surface area contributed by atoms with Crippen LogP contribution in [-0.4, -0.2) is 48.8 Å². The summed E-state index contributed by atoms with van der Waals surface area (Å²) in [6, 6.07) is 7.74. The summed E-state index contributed by atoms with van der Waals surface area (Å²) >= 11 is 0. The molecule has 2 heterocycles. The highest BCUT2D eigenvalue weighted by Crippen LogP contribution is 2.29. The lowest BCUT2D eigenvalue weighted by molar-refractivity contribution is -0.137. The Kier molecular flexibility index (Phi) is 5.38. The average Bonchev–Trinajstić information content (AvgIpc) is 2.73. The van der Waals surface area contributed by atoms with Gasteiger partial charge in [0.25, 0.3) is 5.91 Å². The van der Waals surface area contributed by atoms with E-state index in [1.807, 2.05) is 36.1 Å². The van der Waals surface area contributed by atoms with Gasteiger partial charge in [-0.2, -0.15) is 0 Å². The molecule has 25 heavy (non-hydrogen) atoms. The van der Waals surface area contributed by atoms with Crippen LogP contribution >= 0.6 is 0 Å². The number of nitrogens with zero attached hydrogens (tertiary/aromatic N) is 2. The molecule has 0 N–H and O–H groups in total. The van der Waals surface area contributed by atoms with Gasteiger partial charge in [-0.25, -0.2) is 4.98 Å². The molecule has 1 atom stereocenters. The number of carbonyl (C=O) groups excluding carboxylic acids is 1. The van der Waals surface area contributed by atoms with Crippen LogP contribution in [0.3, 0.4) is 0 Å². The number of benzene rings is 1. The molecule has 0 spiro atoms. The Bertz CT molecular complexity index is 762. The summed E-state index contributed by atoms with van der Waals surface area (Å²) in [4.78, 5) is 19.0. The highest BCUT2D eigenvalue weighted by molar-refractivity contribution is 5.84. The SMILES string of the molecule is CCOCCCN1Cc2cc3cc(OC)ccc3nc2O[C@H](C)C1=O. The molecule has 3 rings (SSSR count). The molecule has 0 radical (unpaired) electrons. The Morgan fingerprint density at radius 3 is 2.96 bits per heavy atom. The predicted octanol–water partition coefficient (Wildman–Crippen LogP) is 2.78. The fraction of sp³-hybridized carbons (Fsp3) is 0.474. The first kappa shape index (κ1) is 17.5. The minimum absolute atomic E-state index is 0.0175. The molecule has 1 amide bonds. The lowest BCUT2D eigenvalue weighted by atomic mass is 10.1. The van der Waals surface area contributed by atoms with E-state index in [0.717, 1.165) is 28.6 Å². The van der Waals surface area contributed by atoms with Gasteiger partial charge in [-0.05, 0) is 44.5 Å². The Labute approximate surface area is 147 Å². The van der Waals surface area contributed by atoms with Crippen molar-refractivity contribution in [2.75, 3.05) is 26.9 Å². The maximum Gasteiger partial charge on any atom is 0.263 e. The van der Waals surface area contributed by atoms with Crippen LogP contribution in [0.2, 0.25) is 0 Å². The smallest absolute Gasteiger partial charge is 0.263 e. The number of rotatable bonds is 6. The monoisotopic (exact) mass is 344 g/mol. The molecule has 1 aliphatic heterocycles. The summed E-state index contributed by atoms with van der Waals surface area (Å²) in [6.07, 6.45) is 0.257. The summed E-state index contributed by atoms with van der Waals surface area (Å²) in [5.41, 5.74) is 1.74. The van der Waals surface area contributed by atoms with Gasteiger partial charge < -0.3 is 19.1 Å². The molecule has 134 valence electrons. The second kappa shape index (κ2) is 7.70. The van der Waals surface area contributed by atoms with Gasteiger partial charge in [0.2, 0.25) is 5.88 Å². The Morgan fingerprint density at radius 1 is 1.36 bits per heavy atom. The van der Waals surface area contributed by atoms with Crippen LogP contribution in [-0.2, 0) is 16.1 Å². The van der Waals surface area contributed by atoms with Crippen LogP contribution in [0.1, 0.15) is 25.8 Å². The van der Waals surface area contributed by atoms with Crippen LogP contribution in [0.15, 0.2) is 24.3 Å². The van der Waals surface area contributed by atoms with Crippen LogP contribution in [0.4, 0.5) is 0 Å². The van der Waals surface area contributed by atoms with E-state index in [1.54, 1.807) is 14.0 Å². The molecule has 0 fully saturated rings. The Morgan fingerprint density at radius 2 is 2.20 bits per heavy atom. The number of carbonyl (C=O) groups is 1. The zero-order valence-corrected chi connectivity index (χ0v) is 14.9. The van der Waals surface area contributed by atoms with Crippen molar-refractivity contribution in [3.05, 3.63) is 29.8 Å². The van der Waals surface area contributed by atoms with Gasteiger partial charge in [0, 0.05) is 30.7 Å². The van der Waals surface area contributed by atoms with Crippen LogP contribution < -0.4 is 9.47 Å². The van der Waals surface area contributed by atoms with Gasteiger partial charge in [0.05, 0.1) is 19.2 Å². The van der Waals surface area contributed by atoms with Crippen LogP contribution in [0, 0.1) is 0 Å². The van der Waals surface area contributed by atoms with Crippen molar-refractivity contribution in [3.8, 4) is 11.6 Å². The maximum atomic E-state index is 12.6. The molecule has 6 nitrogen and oxygen atoms in total. The number of pyridine rings is 1. The molecule has 0 unspecified atom stereocenters. The van der Waals surface area contributed by atoms with Gasteiger partial charge in [-0.1, -0.05) is 0 Å². The number of hydrogen-bond donors (Lipinski definition) is 0. The number of fused-ring (bicyclic) bond motifs is 2. The van der Waals surface area contributed by atoms with E-state index in [2.05, 4.69) is 4.98 Å². The Balaban J connectivity index is 1.88. The van der Waals surface area contributed by atoms with Crippen molar-refractivity contribution < 1.29 is 19.0 Å². The number of methoxy groups -OCH3 is 1. The largest absolute Gasteiger partial charge is 0.497 e. The van der Waals surface area contributed by atoms with Gasteiger partial charge in [-0.3, -0.25) is 4.79 Å². The molecular formula is C19H24N2O4. The predicted molar refractivity (Wildman–Crippen MR) is 94.9 cm³/mol. The van der Waals surface area contributed by atoms with Crippen LogP contribution in [0.25, 0.3) is 10.9 Å². The molecule has 2 aromatic rings. The summed E-state index contributed by atoms with van der Waals surface area (Å²) in [5.74, 6) is 1.30. The fourth-order valence-corrected chi connectivity index (χ4v) is 2.97. The number of ether oxygens (including phenoxy) is 3. The zero-order chi connectivity index (χ0) is 17.8. The van der Waals surface area contributed by atoms with E-state index in [9.17, 15) is 4.79 Å². The number of hydrogen-bond acceptors (Lipinski definition) is 5. The van der Waals surface area contributed by atoms with Gasteiger partial charge in [0.1, 0.15) is 5.75 Å². The van der Waals surface area contributed by atoms with Crippen molar-refractivity contribution in [2.45, 2.75) is 32.9 Å². The third-order valence-electron chi connectivity index (χ3n) is 4.29. The number of aromatic nitrogens is 1. The molecule has 1 aliphatic rings. The normalized spacial score (nSPS) is 17.2. The second-order valence-corrected chi connectivity index (χ2v) is 6.08. The van der Waals surface area contributed by atoms with Gasteiger partial charge in [0.15, 0.2) is 6.10 Å². The van der Waals surface area contributed by atoms with Crippen molar-refractivity contribution in [3.63, 3.8) is 0 Å². The molecule has 0 saturated carbocycles. The first-order chi connectivity index (χ1) is 12.1. The third kappa shape index (κ3) is 3.85. The molecule has 1 aromatic carbocycles. The number of amides is 1. The van der Waals surface area contributed by atoms with Gasteiger partial charge in [-0.15, -0.1) is 0 Å². The minimum Gasteiger partial charge on any atom is -0.497 e. The van der Waals surface area contributed by atoms with E-state index in [4.69, 9.17) is 14.2 Å². The lowest BCUT2D eigenvalue weighted by Gasteiger charge is -2.21. The summed E-state index contributed by atoms with van der Waals surface area (Å²) in [5, 5.41) is 0.970. The second-order valence-electron chi connectivity index (χ2n) is 6.08. The quantitative estimate of drug-likeness (QED) is 0.754. The fourth-order valence-electron chi connectivity index (χ4n) is 2.97. The summed E-state index contributed by atoms with van der Waals surface area (Å²) < 4.78 is 16.5. The summed E-state index contributed by atoms with van der Waals surface area (Å²) in [7, 11) is 1.64. The third-order valence-corrected chi connectivity index (χ3v) is 4.29. The summed E-state index contributed by atoms with van der Waals surface area (Å²) in [6.45, 7) is 6.21. The van der Waals surface area contributed by atoms with Crippen molar-refractivity contribution >= 4 is 16.8 Å². The Hall–Kier alpha value is -2.34. The standard InChI is InChI=1S/C19H24N2O4/c1-4-24-9-5-8-21-12-15-10-14-11-16(23-3)6-7-17(14)20-18(15)25-13(2)19(21)22/h6-7,10-11,13H,4-5,8-9,12H2,1-3H3/t13-/m1/s1.